The minimum absolute atomic E-state index is 0.0976. The van der Waals surface area contributed by atoms with E-state index in [9.17, 15) is 24.0 Å². The Hall–Kier alpha value is -3.54. The number of hydrogen-bond acceptors (Lipinski definition) is 11. The topological polar surface area (TPSA) is 156 Å². The van der Waals surface area contributed by atoms with E-state index in [1.807, 2.05) is 0 Å². The van der Waals surface area contributed by atoms with Gasteiger partial charge in [-0.3, -0.25) is 24.2 Å². The van der Waals surface area contributed by atoms with E-state index in [4.69, 9.17) is 23.7 Å². The van der Waals surface area contributed by atoms with Gasteiger partial charge in [-0.05, 0) is 12.1 Å². The van der Waals surface area contributed by atoms with Gasteiger partial charge in [0.25, 0.3) is 0 Å². The number of carbonyl (C=O) groups excluding carboxylic acids is 5. The van der Waals surface area contributed by atoms with Crippen LogP contribution in [0.4, 0.5) is 0 Å². The lowest BCUT2D eigenvalue weighted by Gasteiger charge is -2.44. The first-order valence-corrected chi connectivity index (χ1v) is 9.59. The Balaban J connectivity index is 2.42. The van der Waals surface area contributed by atoms with Crippen LogP contribution in [-0.2, 0) is 42.9 Å². The number of hydrogen-bond donors (Lipinski definition) is 1. The number of pyridine rings is 1. The summed E-state index contributed by atoms with van der Waals surface area (Å²) in [4.78, 5) is 63.0. The number of ether oxygens (including phenoxy) is 5. The zero-order valence-electron chi connectivity index (χ0n) is 17.9. The largest absolute Gasteiger partial charge is 0.463 e. The van der Waals surface area contributed by atoms with Crippen LogP contribution in [0.3, 0.4) is 0 Å². The molecule has 1 amide bonds. The smallest absolute Gasteiger partial charge is 0.342 e. The zero-order chi connectivity index (χ0) is 23.8. The molecule has 0 saturated carbocycles. The molecule has 1 aromatic rings. The lowest BCUT2D eigenvalue weighted by Crippen LogP contribution is -2.66. The van der Waals surface area contributed by atoms with E-state index in [0.717, 1.165) is 20.8 Å². The molecule has 1 N–H and O–H groups in total. The number of esters is 4. The highest BCUT2D eigenvalue weighted by Gasteiger charge is 2.52. The summed E-state index contributed by atoms with van der Waals surface area (Å²) in [5.74, 6) is -3.54. The van der Waals surface area contributed by atoms with E-state index in [1.54, 1.807) is 0 Å². The van der Waals surface area contributed by atoms with Gasteiger partial charge >= 0.3 is 23.9 Å². The average molecular weight is 452 g/mol. The van der Waals surface area contributed by atoms with Crippen LogP contribution in [-0.4, -0.2) is 72.0 Å². The van der Waals surface area contributed by atoms with Crippen molar-refractivity contribution in [1.82, 2.24) is 10.3 Å². The number of nitrogens with zero attached hydrogens (tertiary/aromatic N) is 1. The highest BCUT2D eigenvalue weighted by Crippen LogP contribution is 2.28. The molecule has 0 aliphatic carbocycles. The number of rotatable bonds is 7. The van der Waals surface area contributed by atoms with Gasteiger partial charge in [-0.2, -0.15) is 0 Å². The molecule has 174 valence electrons. The Morgan fingerprint density at radius 3 is 2.16 bits per heavy atom. The normalized spacial score (nSPS) is 24.6. The zero-order valence-corrected chi connectivity index (χ0v) is 17.9. The molecule has 1 aliphatic rings. The Morgan fingerprint density at radius 2 is 1.62 bits per heavy atom. The van der Waals surface area contributed by atoms with Crippen molar-refractivity contribution in [2.75, 3.05) is 6.61 Å². The van der Waals surface area contributed by atoms with Gasteiger partial charge in [0.2, 0.25) is 12.2 Å². The van der Waals surface area contributed by atoms with E-state index in [1.165, 1.54) is 31.5 Å². The third-order valence-corrected chi connectivity index (χ3v) is 4.19. The van der Waals surface area contributed by atoms with E-state index in [0.29, 0.717) is 0 Å². The highest BCUT2D eigenvalue weighted by atomic mass is 16.7. The van der Waals surface area contributed by atoms with Crippen molar-refractivity contribution >= 4 is 29.8 Å². The maximum atomic E-state index is 12.6. The lowest BCUT2D eigenvalue weighted by atomic mass is 9.96. The van der Waals surface area contributed by atoms with Crippen LogP contribution in [0.1, 0.15) is 38.1 Å². The first kappa shape index (κ1) is 24.7. The first-order valence-electron chi connectivity index (χ1n) is 9.59. The van der Waals surface area contributed by atoms with Gasteiger partial charge in [-0.1, -0.05) is 0 Å². The summed E-state index contributed by atoms with van der Waals surface area (Å²) in [6.45, 7) is 4.18. The summed E-state index contributed by atoms with van der Waals surface area (Å²) in [6, 6.07) is 1.73. The Morgan fingerprint density at radius 1 is 0.969 bits per heavy atom. The summed E-state index contributed by atoms with van der Waals surface area (Å²) < 4.78 is 26.7. The summed E-state index contributed by atoms with van der Waals surface area (Å²) in [5.41, 5.74) is 0.0976. The average Bonchev–Trinajstić information content (AvgIpc) is 2.70. The summed E-state index contributed by atoms with van der Waals surface area (Å²) >= 11 is 0. The first-order chi connectivity index (χ1) is 15.1. The fraction of sp³-hybridized carbons (Fsp3) is 0.500. The van der Waals surface area contributed by atoms with Crippen molar-refractivity contribution in [3.05, 3.63) is 30.1 Å². The van der Waals surface area contributed by atoms with Crippen LogP contribution in [0, 0.1) is 0 Å². The monoisotopic (exact) mass is 452 g/mol. The molecule has 0 unspecified atom stereocenters. The van der Waals surface area contributed by atoms with Crippen molar-refractivity contribution < 1.29 is 47.7 Å². The Bertz CT molecular complexity index is 859. The van der Waals surface area contributed by atoms with E-state index in [2.05, 4.69) is 10.3 Å². The molecule has 0 spiro atoms. The predicted molar refractivity (Wildman–Crippen MR) is 104 cm³/mol. The lowest BCUT2D eigenvalue weighted by molar-refractivity contribution is -0.263. The van der Waals surface area contributed by atoms with Crippen molar-refractivity contribution in [3.8, 4) is 0 Å². The third kappa shape index (κ3) is 7.01. The van der Waals surface area contributed by atoms with Crippen LogP contribution in [0.5, 0.6) is 0 Å². The second kappa shape index (κ2) is 11.2. The van der Waals surface area contributed by atoms with Crippen molar-refractivity contribution in [3.63, 3.8) is 0 Å². The molecular formula is C20H24N2O10. The molecule has 0 bridgehead atoms. The quantitative estimate of drug-likeness (QED) is 0.435. The molecule has 1 saturated heterocycles. The van der Waals surface area contributed by atoms with E-state index in [-0.39, 0.29) is 5.56 Å². The molecule has 0 radical (unpaired) electrons. The van der Waals surface area contributed by atoms with Gasteiger partial charge in [0.05, 0.1) is 5.56 Å². The molecule has 2 rings (SSSR count). The van der Waals surface area contributed by atoms with Crippen LogP contribution < -0.4 is 5.32 Å². The van der Waals surface area contributed by atoms with Gasteiger partial charge in [0.1, 0.15) is 18.8 Å². The van der Waals surface area contributed by atoms with E-state index < -0.39 is 67.0 Å². The standard InChI is InChI=1S/C20H24N2O10/c1-10(23)22-16-18(30-13(4)26)17(29-12(3)25)15(9-28-11(2)24)31-20(16)32-19(27)14-6-5-7-21-8-14/h5-8,15-18,20H,9H2,1-4H3,(H,22,23)/t15-,16+,17-,18-,20+/m1/s1. The molecule has 0 aromatic carbocycles. The summed E-state index contributed by atoms with van der Waals surface area (Å²) in [7, 11) is 0. The minimum Gasteiger partial charge on any atom is -0.463 e. The molecule has 5 atom stereocenters. The molecule has 12 nitrogen and oxygen atoms in total. The summed E-state index contributed by atoms with van der Waals surface area (Å²) in [5, 5.41) is 2.50. The van der Waals surface area contributed by atoms with E-state index >= 15 is 0 Å². The SMILES string of the molecule is CC(=O)N[C@@H]1[C@H](OC(=O)c2cccnc2)O[C@H](COC(C)=O)[C@@H](OC(C)=O)[C@@H]1OC(C)=O. The Kier molecular flexibility index (Phi) is 8.64. The molecule has 2 heterocycles. The van der Waals surface area contributed by atoms with Gasteiger partial charge in [0, 0.05) is 40.1 Å². The maximum absolute atomic E-state index is 12.6. The fourth-order valence-corrected chi connectivity index (χ4v) is 3.05. The minimum atomic E-state index is -1.48. The van der Waals surface area contributed by atoms with Gasteiger partial charge < -0.3 is 29.0 Å². The predicted octanol–water partition coefficient (Wildman–Crippen LogP) is -0.105. The van der Waals surface area contributed by atoms with Crippen molar-refractivity contribution in [2.45, 2.75) is 58.3 Å². The van der Waals surface area contributed by atoms with Crippen LogP contribution in [0.2, 0.25) is 0 Å². The molecule has 1 fully saturated rings. The van der Waals surface area contributed by atoms with Crippen LogP contribution >= 0.6 is 0 Å². The molecule has 1 aromatic heterocycles. The maximum Gasteiger partial charge on any atom is 0.342 e. The molecule has 32 heavy (non-hydrogen) atoms. The molecule has 1 aliphatic heterocycles. The number of carbonyl (C=O) groups is 5. The van der Waals surface area contributed by atoms with Gasteiger partial charge in [-0.25, -0.2) is 4.79 Å². The number of aromatic nitrogens is 1. The number of nitrogens with one attached hydrogen (secondary N) is 1. The second-order valence-corrected chi connectivity index (χ2v) is 6.87. The Labute approximate surface area is 183 Å². The summed E-state index contributed by atoms with van der Waals surface area (Å²) in [6.07, 6.45) is -2.53. The molecular weight excluding hydrogens is 428 g/mol. The fourth-order valence-electron chi connectivity index (χ4n) is 3.05. The highest BCUT2D eigenvalue weighted by molar-refractivity contribution is 5.89. The molecule has 12 heteroatoms. The van der Waals surface area contributed by atoms with Gasteiger partial charge in [-0.15, -0.1) is 0 Å². The van der Waals surface area contributed by atoms with Gasteiger partial charge in [0.15, 0.2) is 12.2 Å². The van der Waals surface area contributed by atoms with Crippen molar-refractivity contribution in [2.24, 2.45) is 0 Å². The third-order valence-electron chi connectivity index (χ3n) is 4.19. The van der Waals surface area contributed by atoms with Crippen LogP contribution in [0.25, 0.3) is 0 Å². The van der Waals surface area contributed by atoms with Crippen molar-refractivity contribution in [1.29, 1.82) is 0 Å². The van der Waals surface area contributed by atoms with Crippen LogP contribution in [0.15, 0.2) is 24.5 Å². The second-order valence-electron chi connectivity index (χ2n) is 6.87. The number of amides is 1.